The second-order valence-corrected chi connectivity index (χ2v) is 6.48. The topological polar surface area (TPSA) is 73.1 Å². The van der Waals surface area contributed by atoms with Crippen molar-refractivity contribution in [1.82, 2.24) is 0 Å². The van der Waals surface area contributed by atoms with Gasteiger partial charge in [-0.15, -0.1) is 11.3 Å². The van der Waals surface area contributed by atoms with Crippen LogP contribution in [0.1, 0.15) is 38.3 Å². The summed E-state index contributed by atoms with van der Waals surface area (Å²) in [5.41, 5.74) is -0.0591. The zero-order chi connectivity index (χ0) is 18.2. The van der Waals surface area contributed by atoms with E-state index < -0.39 is 17.6 Å². The van der Waals surface area contributed by atoms with E-state index in [2.05, 4.69) is 5.32 Å². The number of nitrogens with zero attached hydrogens (tertiary/aromatic N) is 1. The van der Waals surface area contributed by atoms with E-state index in [1.807, 2.05) is 6.07 Å². The molecule has 1 aliphatic carbocycles. The molecule has 1 heterocycles. The number of aliphatic hydroxyl groups is 1. The summed E-state index contributed by atoms with van der Waals surface area (Å²) in [6.07, 6.45) is -2.14. The number of fused-ring (bicyclic) bond motifs is 1. The summed E-state index contributed by atoms with van der Waals surface area (Å²) in [7, 11) is 0. The number of nitrogens with one attached hydrogen (secondary N) is 1. The maximum Gasteiger partial charge on any atom is 0.416 e. The monoisotopic (exact) mass is 364 g/mol. The molecule has 25 heavy (non-hydrogen) atoms. The molecule has 0 aliphatic heterocycles. The molecule has 0 spiro atoms. The van der Waals surface area contributed by atoms with Crippen LogP contribution in [0.5, 0.6) is 0 Å². The molecule has 2 N–H and O–H groups in total. The van der Waals surface area contributed by atoms with Crippen molar-refractivity contribution < 1.29 is 23.1 Å². The van der Waals surface area contributed by atoms with Gasteiger partial charge in [0.2, 0.25) is 0 Å². The summed E-state index contributed by atoms with van der Waals surface area (Å²) in [5.74, 6) is -0.539. The van der Waals surface area contributed by atoms with Crippen LogP contribution in [-0.4, -0.2) is 11.0 Å². The average Bonchev–Trinajstić information content (AvgIpc) is 2.90. The van der Waals surface area contributed by atoms with Gasteiger partial charge in [-0.1, -0.05) is 6.07 Å². The Morgan fingerprint density at radius 3 is 2.76 bits per heavy atom. The predicted octanol–water partition coefficient (Wildman–Crippen LogP) is 4.74. The van der Waals surface area contributed by atoms with Gasteiger partial charge in [-0.3, -0.25) is 4.79 Å². The second-order valence-electron chi connectivity index (χ2n) is 5.43. The molecular weight excluding hydrogens is 353 g/mol. The van der Waals surface area contributed by atoms with Gasteiger partial charge in [-0.05, 0) is 36.3 Å². The van der Waals surface area contributed by atoms with E-state index in [4.69, 9.17) is 0 Å². The van der Waals surface area contributed by atoms with Gasteiger partial charge in [0.1, 0.15) is 11.1 Å². The maximum atomic E-state index is 12.8. The Balaban J connectivity index is 1.91. The summed E-state index contributed by atoms with van der Waals surface area (Å²) in [6.45, 7) is 0. The van der Waals surface area contributed by atoms with Crippen LogP contribution in [0, 0.1) is 11.3 Å². The Bertz CT molecular complexity index is 923. The molecule has 0 radical (unpaired) electrons. The fourth-order valence-corrected chi connectivity index (χ4v) is 3.70. The SMILES string of the molecule is N#Cc1c(NC(=O)c2cccc(C(F)(F)F)c2)sc2c1CCC(O)=C2. The quantitative estimate of drug-likeness (QED) is 0.809. The average molecular weight is 364 g/mol. The van der Waals surface area contributed by atoms with Crippen molar-refractivity contribution in [3.8, 4) is 6.07 Å². The fourth-order valence-electron chi connectivity index (χ4n) is 2.54. The molecular formula is C17H11F3N2O2S. The smallest absolute Gasteiger partial charge is 0.416 e. The number of aliphatic hydroxyl groups excluding tert-OH is 1. The van der Waals surface area contributed by atoms with Crippen molar-refractivity contribution in [1.29, 1.82) is 5.26 Å². The molecule has 4 nitrogen and oxygen atoms in total. The van der Waals surface area contributed by atoms with Gasteiger partial charge in [-0.2, -0.15) is 18.4 Å². The Hall–Kier alpha value is -2.79. The van der Waals surface area contributed by atoms with Crippen LogP contribution in [0.3, 0.4) is 0 Å². The number of amides is 1. The fraction of sp³-hybridized carbons (Fsp3) is 0.176. The van der Waals surface area contributed by atoms with Crippen molar-refractivity contribution >= 4 is 28.3 Å². The summed E-state index contributed by atoms with van der Waals surface area (Å²) >= 11 is 1.11. The Kier molecular flexibility index (Phi) is 4.27. The van der Waals surface area contributed by atoms with Gasteiger partial charge in [0, 0.05) is 16.9 Å². The summed E-state index contributed by atoms with van der Waals surface area (Å²) in [6, 6.07) is 6.09. The van der Waals surface area contributed by atoms with Crippen LogP contribution in [0.4, 0.5) is 18.2 Å². The van der Waals surface area contributed by atoms with Crippen molar-refractivity contribution in [3.05, 3.63) is 57.2 Å². The van der Waals surface area contributed by atoms with Gasteiger partial charge >= 0.3 is 6.18 Å². The molecule has 1 aromatic heterocycles. The number of thiophene rings is 1. The lowest BCUT2D eigenvalue weighted by atomic mass is 10.00. The lowest BCUT2D eigenvalue weighted by Gasteiger charge is -2.09. The van der Waals surface area contributed by atoms with E-state index in [-0.39, 0.29) is 21.9 Å². The van der Waals surface area contributed by atoms with Crippen LogP contribution in [0.2, 0.25) is 0 Å². The minimum Gasteiger partial charge on any atom is -0.512 e. The number of benzene rings is 1. The van der Waals surface area contributed by atoms with Crippen molar-refractivity contribution in [2.75, 3.05) is 5.32 Å². The highest BCUT2D eigenvalue weighted by Gasteiger charge is 2.31. The van der Waals surface area contributed by atoms with Crippen molar-refractivity contribution in [2.45, 2.75) is 19.0 Å². The van der Waals surface area contributed by atoms with E-state index in [0.717, 1.165) is 35.1 Å². The largest absolute Gasteiger partial charge is 0.512 e. The molecule has 1 aromatic carbocycles. The number of rotatable bonds is 2. The first-order chi connectivity index (χ1) is 11.8. The number of hydrogen-bond acceptors (Lipinski definition) is 4. The number of allylic oxidation sites excluding steroid dienone is 1. The lowest BCUT2D eigenvalue weighted by Crippen LogP contribution is -2.14. The van der Waals surface area contributed by atoms with Crippen LogP contribution < -0.4 is 5.32 Å². The van der Waals surface area contributed by atoms with E-state index in [1.165, 1.54) is 12.1 Å². The van der Waals surface area contributed by atoms with Gasteiger partial charge in [0.15, 0.2) is 0 Å². The predicted molar refractivity (Wildman–Crippen MR) is 87.4 cm³/mol. The molecule has 0 fully saturated rings. The zero-order valence-corrected chi connectivity index (χ0v) is 13.5. The van der Waals surface area contributed by atoms with Crippen LogP contribution in [-0.2, 0) is 12.6 Å². The van der Waals surface area contributed by atoms with Gasteiger partial charge in [0.25, 0.3) is 5.91 Å². The molecule has 2 aromatic rings. The third-order valence-corrected chi connectivity index (χ3v) is 4.85. The Morgan fingerprint density at radius 2 is 2.08 bits per heavy atom. The minimum absolute atomic E-state index is 0.150. The van der Waals surface area contributed by atoms with E-state index in [9.17, 15) is 28.3 Å². The Morgan fingerprint density at radius 1 is 1.32 bits per heavy atom. The first kappa shape index (κ1) is 17.0. The maximum absolute atomic E-state index is 12.8. The van der Waals surface area contributed by atoms with E-state index in [0.29, 0.717) is 17.7 Å². The third-order valence-electron chi connectivity index (χ3n) is 3.76. The van der Waals surface area contributed by atoms with E-state index in [1.54, 1.807) is 0 Å². The van der Waals surface area contributed by atoms with Crippen LogP contribution in [0.25, 0.3) is 6.08 Å². The molecule has 0 atom stereocenters. The molecule has 3 rings (SSSR count). The highest BCUT2D eigenvalue weighted by Crippen LogP contribution is 2.38. The summed E-state index contributed by atoms with van der Waals surface area (Å²) < 4.78 is 38.3. The van der Waals surface area contributed by atoms with Gasteiger partial charge in [0.05, 0.1) is 16.9 Å². The van der Waals surface area contributed by atoms with Gasteiger partial charge in [-0.25, -0.2) is 0 Å². The van der Waals surface area contributed by atoms with Crippen LogP contribution in [0.15, 0.2) is 30.0 Å². The second kappa shape index (κ2) is 6.26. The molecule has 8 heteroatoms. The molecule has 1 aliphatic rings. The van der Waals surface area contributed by atoms with Gasteiger partial charge < -0.3 is 10.4 Å². The first-order valence-corrected chi connectivity index (χ1v) is 8.05. The van der Waals surface area contributed by atoms with Crippen molar-refractivity contribution in [3.63, 3.8) is 0 Å². The first-order valence-electron chi connectivity index (χ1n) is 7.23. The van der Waals surface area contributed by atoms with E-state index >= 15 is 0 Å². The number of carbonyl (C=O) groups excluding carboxylic acids is 1. The highest BCUT2D eigenvalue weighted by atomic mass is 32.1. The number of hydrogen-bond donors (Lipinski definition) is 2. The normalized spacial score (nSPS) is 13.6. The molecule has 0 unspecified atom stereocenters. The standard InChI is InChI=1S/C17H11F3N2O2S/c18-17(19,20)10-3-1-2-9(6-10)15(24)22-16-13(8-21)12-5-4-11(23)7-14(12)25-16/h1-3,6-7,23H,4-5H2,(H,22,24). The van der Waals surface area contributed by atoms with Crippen LogP contribution >= 0.6 is 11.3 Å². The van der Waals surface area contributed by atoms with Crippen molar-refractivity contribution in [2.24, 2.45) is 0 Å². The number of halogens is 3. The number of anilines is 1. The summed E-state index contributed by atoms with van der Waals surface area (Å²) in [4.78, 5) is 13.0. The number of carbonyl (C=O) groups is 1. The minimum atomic E-state index is -4.54. The molecule has 0 bridgehead atoms. The third kappa shape index (κ3) is 3.37. The molecule has 0 saturated heterocycles. The molecule has 0 saturated carbocycles. The lowest BCUT2D eigenvalue weighted by molar-refractivity contribution is -0.137. The Labute approximate surface area is 144 Å². The summed E-state index contributed by atoms with van der Waals surface area (Å²) in [5, 5.41) is 21.7. The highest BCUT2D eigenvalue weighted by molar-refractivity contribution is 7.17. The molecule has 128 valence electrons. The number of alkyl halides is 3. The zero-order valence-electron chi connectivity index (χ0n) is 12.6. The number of nitriles is 1. The molecule has 1 amide bonds.